The highest BCUT2D eigenvalue weighted by Gasteiger charge is 2.35. The van der Waals surface area contributed by atoms with Gasteiger partial charge >= 0.3 is 0 Å². The highest BCUT2D eigenvalue weighted by molar-refractivity contribution is 7.17. The number of thiophene rings is 1. The van der Waals surface area contributed by atoms with E-state index in [0.29, 0.717) is 6.54 Å². The summed E-state index contributed by atoms with van der Waals surface area (Å²) in [4.78, 5) is 16.4. The Bertz CT molecular complexity index is 682. The summed E-state index contributed by atoms with van der Waals surface area (Å²) in [5, 5.41) is 0.717. The van der Waals surface area contributed by atoms with Crippen molar-refractivity contribution in [1.82, 2.24) is 4.90 Å². The van der Waals surface area contributed by atoms with E-state index in [2.05, 4.69) is 6.92 Å². The Morgan fingerprint density at radius 1 is 1.32 bits per heavy atom. The summed E-state index contributed by atoms with van der Waals surface area (Å²) in [5.41, 5.74) is 6.96. The normalized spacial score (nSPS) is 21.3. The van der Waals surface area contributed by atoms with E-state index in [4.69, 9.17) is 17.3 Å². The molecule has 1 aliphatic rings. The number of rotatable bonds is 3. The minimum absolute atomic E-state index is 0.0614. The van der Waals surface area contributed by atoms with Crippen LogP contribution in [0.15, 0.2) is 36.4 Å². The maximum Gasteiger partial charge on any atom is 0.263 e. The van der Waals surface area contributed by atoms with E-state index in [1.165, 1.54) is 11.3 Å². The molecule has 0 aliphatic carbocycles. The van der Waals surface area contributed by atoms with E-state index in [1.807, 2.05) is 41.3 Å². The third-order valence-corrected chi connectivity index (χ3v) is 5.66. The molecule has 3 nitrogen and oxygen atoms in total. The third-order valence-electron chi connectivity index (χ3n) is 4.28. The first-order valence-electron chi connectivity index (χ1n) is 7.36. The number of benzene rings is 1. The van der Waals surface area contributed by atoms with Crippen molar-refractivity contribution in [2.45, 2.75) is 13.3 Å². The van der Waals surface area contributed by atoms with Crippen molar-refractivity contribution in [2.75, 3.05) is 19.6 Å². The van der Waals surface area contributed by atoms with Crippen LogP contribution in [0, 0.1) is 5.41 Å². The molecule has 1 saturated heterocycles. The second-order valence-electron chi connectivity index (χ2n) is 6.16. The Morgan fingerprint density at radius 3 is 2.68 bits per heavy atom. The molecule has 2 heterocycles. The number of nitrogens with two attached hydrogens (primary N) is 1. The molecule has 3 rings (SSSR count). The highest BCUT2D eigenvalue weighted by atomic mass is 35.5. The van der Waals surface area contributed by atoms with Crippen molar-refractivity contribution in [2.24, 2.45) is 11.1 Å². The highest BCUT2D eigenvalue weighted by Crippen LogP contribution is 2.33. The standard InChI is InChI=1S/C17H19ClN2OS/c1-17(10-19)8-9-20(11-17)16(21)15-7-6-14(22-15)12-2-4-13(18)5-3-12/h2-7H,8-11,19H2,1H3. The van der Waals surface area contributed by atoms with Gasteiger partial charge in [-0.2, -0.15) is 0 Å². The van der Waals surface area contributed by atoms with Gasteiger partial charge in [0.1, 0.15) is 0 Å². The number of amides is 1. The topological polar surface area (TPSA) is 46.3 Å². The first-order chi connectivity index (χ1) is 10.5. The second kappa shape index (κ2) is 6.03. The lowest BCUT2D eigenvalue weighted by Crippen LogP contribution is -2.34. The van der Waals surface area contributed by atoms with E-state index < -0.39 is 0 Å². The predicted octanol–water partition coefficient (Wildman–Crippen LogP) is 3.88. The van der Waals surface area contributed by atoms with Gasteiger partial charge in [-0.25, -0.2) is 0 Å². The number of nitrogens with zero attached hydrogens (tertiary/aromatic N) is 1. The zero-order chi connectivity index (χ0) is 15.7. The maximum atomic E-state index is 12.6. The van der Waals surface area contributed by atoms with Crippen molar-refractivity contribution in [1.29, 1.82) is 0 Å². The molecule has 0 radical (unpaired) electrons. The Balaban J connectivity index is 1.76. The van der Waals surface area contributed by atoms with Crippen LogP contribution in [0.1, 0.15) is 23.0 Å². The van der Waals surface area contributed by atoms with Crippen LogP contribution in [-0.4, -0.2) is 30.4 Å². The zero-order valence-corrected chi connectivity index (χ0v) is 14.1. The summed E-state index contributed by atoms with van der Waals surface area (Å²) in [6, 6.07) is 11.6. The summed E-state index contributed by atoms with van der Waals surface area (Å²) in [5.74, 6) is 0.113. The molecule has 1 aliphatic heterocycles. The van der Waals surface area contributed by atoms with Gasteiger partial charge in [-0.15, -0.1) is 11.3 Å². The zero-order valence-electron chi connectivity index (χ0n) is 12.5. The quantitative estimate of drug-likeness (QED) is 0.925. The van der Waals surface area contributed by atoms with Crippen molar-refractivity contribution in [3.05, 3.63) is 46.3 Å². The first kappa shape index (κ1) is 15.5. The van der Waals surface area contributed by atoms with Gasteiger partial charge in [0, 0.05) is 23.0 Å². The monoisotopic (exact) mass is 334 g/mol. The Kier molecular flexibility index (Phi) is 4.26. The summed E-state index contributed by atoms with van der Waals surface area (Å²) in [7, 11) is 0. The predicted molar refractivity (Wildman–Crippen MR) is 92.4 cm³/mol. The van der Waals surface area contributed by atoms with Gasteiger partial charge in [0.25, 0.3) is 5.91 Å². The van der Waals surface area contributed by atoms with Gasteiger partial charge in [0.15, 0.2) is 0 Å². The second-order valence-corrected chi connectivity index (χ2v) is 7.68. The van der Waals surface area contributed by atoms with Crippen LogP contribution < -0.4 is 5.73 Å². The van der Waals surface area contributed by atoms with Crippen LogP contribution in [-0.2, 0) is 0 Å². The molecule has 5 heteroatoms. The average molecular weight is 335 g/mol. The fourth-order valence-corrected chi connectivity index (χ4v) is 3.85. The van der Waals surface area contributed by atoms with Crippen molar-refractivity contribution in [3.8, 4) is 10.4 Å². The molecule has 1 unspecified atom stereocenters. The van der Waals surface area contributed by atoms with E-state index >= 15 is 0 Å². The van der Waals surface area contributed by atoms with Crippen LogP contribution in [0.4, 0.5) is 0 Å². The number of halogens is 1. The average Bonchev–Trinajstić information content (AvgIpc) is 3.15. The number of carbonyl (C=O) groups is 1. The lowest BCUT2D eigenvalue weighted by atomic mass is 9.90. The Hall–Kier alpha value is -1.36. The molecule has 116 valence electrons. The van der Waals surface area contributed by atoms with Crippen LogP contribution in [0.3, 0.4) is 0 Å². The SMILES string of the molecule is CC1(CN)CCN(C(=O)c2ccc(-c3ccc(Cl)cc3)s2)C1. The number of hydrogen-bond donors (Lipinski definition) is 1. The maximum absolute atomic E-state index is 12.6. The number of likely N-dealkylation sites (tertiary alicyclic amines) is 1. The lowest BCUT2D eigenvalue weighted by molar-refractivity contribution is 0.0781. The molecule has 2 N–H and O–H groups in total. The van der Waals surface area contributed by atoms with E-state index in [-0.39, 0.29) is 11.3 Å². The Morgan fingerprint density at radius 2 is 2.05 bits per heavy atom. The van der Waals surface area contributed by atoms with Crippen LogP contribution in [0.2, 0.25) is 5.02 Å². The molecule has 0 saturated carbocycles. The van der Waals surface area contributed by atoms with Gasteiger partial charge < -0.3 is 10.6 Å². The van der Waals surface area contributed by atoms with Crippen molar-refractivity contribution >= 4 is 28.8 Å². The fraction of sp³-hybridized carbons (Fsp3) is 0.353. The molecule has 0 spiro atoms. The van der Waals surface area contributed by atoms with Gasteiger partial charge in [-0.1, -0.05) is 30.7 Å². The smallest absolute Gasteiger partial charge is 0.263 e. The summed E-state index contributed by atoms with van der Waals surface area (Å²) >= 11 is 7.44. The molecule has 1 atom stereocenters. The minimum Gasteiger partial charge on any atom is -0.337 e. The molecule has 1 amide bonds. The van der Waals surface area contributed by atoms with Gasteiger partial charge in [0.05, 0.1) is 4.88 Å². The molecular formula is C17H19ClN2OS. The van der Waals surface area contributed by atoms with E-state index in [9.17, 15) is 4.79 Å². The van der Waals surface area contributed by atoms with E-state index in [1.54, 1.807) is 0 Å². The van der Waals surface area contributed by atoms with Crippen LogP contribution in [0.5, 0.6) is 0 Å². The van der Waals surface area contributed by atoms with Crippen molar-refractivity contribution < 1.29 is 4.79 Å². The summed E-state index contributed by atoms with van der Waals surface area (Å²) in [6.45, 7) is 4.31. The fourth-order valence-electron chi connectivity index (χ4n) is 2.74. The Labute approximate surface area is 139 Å². The third kappa shape index (κ3) is 3.05. The molecular weight excluding hydrogens is 316 g/mol. The minimum atomic E-state index is 0.0614. The number of carbonyl (C=O) groups excluding carboxylic acids is 1. The lowest BCUT2D eigenvalue weighted by Gasteiger charge is -2.22. The molecule has 22 heavy (non-hydrogen) atoms. The number of hydrogen-bond acceptors (Lipinski definition) is 3. The molecule has 1 fully saturated rings. The molecule has 1 aromatic carbocycles. The van der Waals surface area contributed by atoms with Crippen LogP contribution >= 0.6 is 22.9 Å². The largest absolute Gasteiger partial charge is 0.337 e. The van der Waals surface area contributed by atoms with Crippen LogP contribution in [0.25, 0.3) is 10.4 Å². The van der Waals surface area contributed by atoms with E-state index in [0.717, 1.165) is 39.9 Å². The molecule has 0 bridgehead atoms. The first-order valence-corrected chi connectivity index (χ1v) is 8.55. The summed E-state index contributed by atoms with van der Waals surface area (Å²) < 4.78 is 0. The molecule has 2 aromatic rings. The molecule has 1 aromatic heterocycles. The summed E-state index contributed by atoms with van der Waals surface area (Å²) in [6.07, 6.45) is 0.977. The van der Waals surface area contributed by atoms with Gasteiger partial charge in [-0.3, -0.25) is 4.79 Å². The van der Waals surface area contributed by atoms with Gasteiger partial charge in [0.2, 0.25) is 0 Å². The van der Waals surface area contributed by atoms with Gasteiger partial charge in [-0.05, 0) is 48.2 Å². The van der Waals surface area contributed by atoms with Crippen molar-refractivity contribution in [3.63, 3.8) is 0 Å².